The lowest BCUT2D eigenvalue weighted by Crippen LogP contribution is -2.07. The molecule has 3 rings (SSSR count). The van der Waals surface area contributed by atoms with E-state index < -0.39 is 0 Å². The molecule has 5 heteroatoms. The van der Waals surface area contributed by atoms with E-state index in [1.165, 1.54) is 0 Å². The predicted octanol–water partition coefficient (Wildman–Crippen LogP) is 3.05. The van der Waals surface area contributed by atoms with E-state index in [9.17, 15) is 0 Å². The summed E-state index contributed by atoms with van der Waals surface area (Å²) in [4.78, 5) is 13.2. The molecular formula is C14H14N4S. The topological polar surface area (TPSA) is 50.7 Å². The van der Waals surface area contributed by atoms with Crippen molar-refractivity contribution in [2.45, 2.75) is 13.3 Å². The second-order valence-corrected chi connectivity index (χ2v) is 5.33. The van der Waals surface area contributed by atoms with E-state index in [0.29, 0.717) is 0 Å². The van der Waals surface area contributed by atoms with Gasteiger partial charge < -0.3 is 5.32 Å². The number of rotatable bonds is 4. The van der Waals surface area contributed by atoms with Crippen LogP contribution in [0.15, 0.2) is 36.0 Å². The van der Waals surface area contributed by atoms with Gasteiger partial charge in [-0.15, -0.1) is 11.3 Å². The lowest BCUT2D eigenvalue weighted by atomic mass is 10.2. The van der Waals surface area contributed by atoms with Crippen LogP contribution in [-0.4, -0.2) is 21.5 Å². The van der Waals surface area contributed by atoms with Gasteiger partial charge in [0.15, 0.2) is 5.82 Å². The number of fused-ring (bicyclic) bond motifs is 1. The second kappa shape index (κ2) is 5.32. The van der Waals surface area contributed by atoms with Gasteiger partial charge in [0, 0.05) is 36.1 Å². The predicted molar refractivity (Wildman–Crippen MR) is 78.6 cm³/mol. The van der Waals surface area contributed by atoms with Crippen LogP contribution in [0.25, 0.3) is 10.9 Å². The standard InChI is InChI=1S/C14H14N4S/c1-10-18-12(9-19-10)5-8-17-14-13-11(4-7-16-14)3-2-6-15-13/h2-4,6-7,9H,5,8H2,1H3,(H,16,17). The number of anilines is 1. The molecule has 0 aliphatic carbocycles. The molecule has 0 amide bonds. The van der Waals surface area contributed by atoms with Crippen LogP contribution in [0.2, 0.25) is 0 Å². The number of nitrogens with zero attached hydrogens (tertiary/aromatic N) is 3. The third-order valence-corrected chi connectivity index (χ3v) is 3.68. The third kappa shape index (κ3) is 2.71. The van der Waals surface area contributed by atoms with Crippen molar-refractivity contribution in [2.75, 3.05) is 11.9 Å². The Balaban J connectivity index is 1.71. The number of aromatic nitrogens is 3. The first kappa shape index (κ1) is 12.0. The van der Waals surface area contributed by atoms with E-state index in [1.807, 2.05) is 25.1 Å². The first-order valence-corrected chi connectivity index (χ1v) is 7.05. The summed E-state index contributed by atoms with van der Waals surface area (Å²) in [7, 11) is 0. The average molecular weight is 270 g/mol. The van der Waals surface area contributed by atoms with Gasteiger partial charge in [0.05, 0.1) is 10.7 Å². The Morgan fingerprint density at radius 3 is 3.00 bits per heavy atom. The molecule has 3 heterocycles. The lowest BCUT2D eigenvalue weighted by molar-refractivity contribution is 0.962. The minimum atomic E-state index is 0.811. The highest BCUT2D eigenvalue weighted by atomic mass is 32.1. The van der Waals surface area contributed by atoms with E-state index >= 15 is 0 Å². The molecule has 19 heavy (non-hydrogen) atoms. The maximum absolute atomic E-state index is 4.45. The van der Waals surface area contributed by atoms with Gasteiger partial charge in [-0.2, -0.15) is 0 Å². The summed E-state index contributed by atoms with van der Waals surface area (Å²) < 4.78 is 0. The van der Waals surface area contributed by atoms with Gasteiger partial charge in [0.25, 0.3) is 0 Å². The summed E-state index contributed by atoms with van der Waals surface area (Å²) in [6.07, 6.45) is 4.49. The Bertz CT molecular complexity index is 687. The minimum Gasteiger partial charge on any atom is -0.368 e. The number of hydrogen-bond acceptors (Lipinski definition) is 5. The average Bonchev–Trinajstić information content (AvgIpc) is 2.85. The molecule has 0 radical (unpaired) electrons. The van der Waals surface area contributed by atoms with E-state index in [2.05, 4.69) is 25.6 Å². The van der Waals surface area contributed by atoms with Crippen molar-refractivity contribution in [3.8, 4) is 0 Å². The summed E-state index contributed by atoms with van der Waals surface area (Å²) in [5, 5.41) is 7.65. The van der Waals surface area contributed by atoms with E-state index in [-0.39, 0.29) is 0 Å². The molecule has 0 aromatic carbocycles. The molecular weight excluding hydrogens is 256 g/mol. The van der Waals surface area contributed by atoms with Crippen molar-refractivity contribution in [1.29, 1.82) is 0 Å². The molecule has 0 aliphatic heterocycles. The molecule has 0 fully saturated rings. The van der Waals surface area contributed by atoms with Crippen LogP contribution in [-0.2, 0) is 6.42 Å². The fraction of sp³-hybridized carbons (Fsp3) is 0.214. The van der Waals surface area contributed by atoms with E-state index in [0.717, 1.165) is 40.4 Å². The van der Waals surface area contributed by atoms with Gasteiger partial charge in [-0.05, 0) is 19.1 Å². The smallest absolute Gasteiger partial charge is 0.152 e. The number of hydrogen-bond donors (Lipinski definition) is 1. The monoisotopic (exact) mass is 270 g/mol. The fourth-order valence-electron chi connectivity index (χ4n) is 1.96. The molecule has 3 aromatic heterocycles. The van der Waals surface area contributed by atoms with Crippen LogP contribution in [0.3, 0.4) is 0 Å². The van der Waals surface area contributed by atoms with Crippen molar-refractivity contribution in [3.63, 3.8) is 0 Å². The van der Waals surface area contributed by atoms with Crippen molar-refractivity contribution in [3.05, 3.63) is 46.7 Å². The van der Waals surface area contributed by atoms with Crippen LogP contribution in [0.1, 0.15) is 10.7 Å². The van der Waals surface area contributed by atoms with Crippen molar-refractivity contribution < 1.29 is 0 Å². The van der Waals surface area contributed by atoms with Crippen molar-refractivity contribution in [2.24, 2.45) is 0 Å². The summed E-state index contributed by atoms with van der Waals surface area (Å²) in [6.45, 7) is 2.84. The third-order valence-electron chi connectivity index (χ3n) is 2.86. The molecule has 96 valence electrons. The van der Waals surface area contributed by atoms with Gasteiger partial charge in [0.1, 0.15) is 5.52 Å². The van der Waals surface area contributed by atoms with Gasteiger partial charge in [-0.25, -0.2) is 9.97 Å². The van der Waals surface area contributed by atoms with Crippen molar-refractivity contribution in [1.82, 2.24) is 15.0 Å². The summed E-state index contributed by atoms with van der Waals surface area (Å²) >= 11 is 1.69. The molecule has 1 N–H and O–H groups in total. The zero-order valence-electron chi connectivity index (χ0n) is 10.6. The fourth-order valence-corrected chi connectivity index (χ4v) is 2.61. The summed E-state index contributed by atoms with van der Waals surface area (Å²) in [6, 6.07) is 5.94. The highest BCUT2D eigenvalue weighted by Crippen LogP contribution is 2.17. The van der Waals surface area contributed by atoms with Gasteiger partial charge in [-0.1, -0.05) is 6.07 Å². The summed E-state index contributed by atoms with van der Waals surface area (Å²) in [5.41, 5.74) is 2.04. The normalized spacial score (nSPS) is 10.8. The van der Waals surface area contributed by atoms with Crippen LogP contribution in [0.5, 0.6) is 0 Å². The number of nitrogens with one attached hydrogen (secondary N) is 1. The Labute approximate surface area is 115 Å². The molecule has 0 saturated carbocycles. The van der Waals surface area contributed by atoms with Crippen LogP contribution < -0.4 is 5.32 Å². The maximum Gasteiger partial charge on any atom is 0.152 e. The molecule has 3 aromatic rings. The molecule has 0 atom stereocenters. The SMILES string of the molecule is Cc1nc(CCNc2nccc3cccnc23)cs1. The van der Waals surface area contributed by atoms with E-state index in [4.69, 9.17) is 0 Å². The highest BCUT2D eigenvalue weighted by Gasteiger charge is 2.03. The Morgan fingerprint density at radius 1 is 1.21 bits per heavy atom. The maximum atomic E-state index is 4.45. The largest absolute Gasteiger partial charge is 0.368 e. The molecule has 4 nitrogen and oxygen atoms in total. The quantitative estimate of drug-likeness (QED) is 0.791. The molecule has 0 spiro atoms. The Morgan fingerprint density at radius 2 is 2.16 bits per heavy atom. The minimum absolute atomic E-state index is 0.811. The zero-order valence-corrected chi connectivity index (χ0v) is 11.4. The first-order valence-electron chi connectivity index (χ1n) is 6.17. The molecule has 0 bridgehead atoms. The van der Waals surface area contributed by atoms with Gasteiger partial charge in [0.2, 0.25) is 0 Å². The molecule has 0 saturated heterocycles. The number of pyridine rings is 2. The van der Waals surface area contributed by atoms with E-state index in [1.54, 1.807) is 23.7 Å². The Hall–Kier alpha value is -2.01. The molecule has 0 unspecified atom stereocenters. The first-order chi connectivity index (χ1) is 9.33. The number of thiazole rings is 1. The van der Waals surface area contributed by atoms with Gasteiger partial charge >= 0.3 is 0 Å². The Kier molecular flexibility index (Phi) is 3.37. The molecule has 0 aliphatic rings. The van der Waals surface area contributed by atoms with Crippen LogP contribution in [0, 0.1) is 6.92 Å². The summed E-state index contributed by atoms with van der Waals surface area (Å²) in [5.74, 6) is 0.838. The highest BCUT2D eigenvalue weighted by molar-refractivity contribution is 7.09. The van der Waals surface area contributed by atoms with Crippen molar-refractivity contribution >= 4 is 28.1 Å². The number of aryl methyl sites for hydroxylation is 1. The zero-order chi connectivity index (χ0) is 13.1. The van der Waals surface area contributed by atoms with Gasteiger partial charge in [-0.3, -0.25) is 4.98 Å². The lowest BCUT2D eigenvalue weighted by Gasteiger charge is -2.06. The van der Waals surface area contributed by atoms with Crippen LogP contribution in [0.4, 0.5) is 5.82 Å². The second-order valence-electron chi connectivity index (χ2n) is 4.27. The van der Waals surface area contributed by atoms with Crippen LogP contribution >= 0.6 is 11.3 Å².